The zero-order chi connectivity index (χ0) is 17.5. The first kappa shape index (κ1) is 18.2. The van der Waals surface area contributed by atoms with Crippen LogP contribution in [0.4, 0.5) is 14.5 Å². The van der Waals surface area contributed by atoms with Crippen molar-refractivity contribution in [3.05, 3.63) is 71.6 Å². The van der Waals surface area contributed by atoms with Crippen LogP contribution in [0.5, 0.6) is 0 Å². The summed E-state index contributed by atoms with van der Waals surface area (Å²) in [6, 6.07) is 12.6. The van der Waals surface area contributed by atoms with Crippen LogP contribution in [0.15, 0.2) is 69.9 Å². The second kappa shape index (κ2) is 9.20. The predicted molar refractivity (Wildman–Crippen MR) is 105 cm³/mol. The molecule has 1 aliphatic rings. The van der Waals surface area contributed by atoms with E-state index in [1.54, 1.807) is 36.0 Å². The summed E-state index contributed by atoms with van der Waals surface area (Å²) in [4.78, 5) is 5.60. The summed E-state index contributed by atoms with van der Waals surface area (Å²) in [7, 11) is 0. The van der Waals surface area contributed by atoms with Crippen molar-refractivity contribution in [1.82, 2.24) is 0 Å². The molecule has 0 N–H and O–H groups in total. The summed E-state index contributed by atoms with van der Waals surface area (Å²) >= 11 is 3.26. The molecular formula is C20H19F2NS2. The summed E-state index contributed by atoms with van der Waals surface area (Å²) in [5, 5.41) is 2.87. The van der Waals surface area contributed by atoms with E-state index in [0.717, 1.165) is 27.3 Å². The Bertz CT molecular complexity index is 735. The molecule has 1 aliphatic carbocycles. The standard InChI is InChI=1S/C20H19F2NS2/c21-16-4-8-18(9-5-16)23-20(25-14-15-2-1-3-15)12-13-24-19-10-6-17(22)7-11-19/h4-13,15H,1-3,14H2. The van der Waals surface area contributed by atoms with Crippen LogP contribution in [-0.4, -0.2) is 10.8 Å². The van der Waals surface area contributed by atoms with E-state index < -0.39 is 0 Å². The van der Waals surface area contributed by atoms with Gasteiger partial charge in [0.15, 0.2) is 0 Å². The number of thioether (sulfide) groups is 2. The van der Waals surface area contributed by atoms with Gasteiger partial charge in [0.05, 0.1) is 10.7 Å². The molecule has 0 amide bonds. The minimum atomic E-state index is -0.259. The van der Waals surface area contributed by atoms with E-state index >= 15 is 0 Å². The van der Waals surface area contributed by atoms with Gasteiger partial charge >= 0.3 is 0 Å². The first-order valence-electron chi connectivity index (χ1n) is 8.25. The molecule has 25 heavy (non-hydrogen) atoms. The normalized spacial score (nSPS) is 15.5. The van der Waals surface area contributed by atoms with E-state index in [9.17, 15) is 8.78 Å². The van der Waals surface area contributed by atoms with Gasteiger partial charge in [-0.15, -0.1) is 11.8 Å². The molecule has 130 valence electrons. The molecule has 1 saturated carbocycles. The zero-order valence-corrected chi connectivity index (χ0v) is 15.3. The molecule has 0 atom stereocenters. The molecular weight excluding hydrogens is 356 g/mol. The fourth-order valence-electron chi connectivity index (χ4n) is 2.31. The third kappa shape index (κ3) is 6.01. The lowest BCUT2D eigenvalue weighted by Gasteiger charge is -2.24. The van der Waals surface area contributed by atoms with Gasteiger partial charge in [0.1, 0.15) is 11.6 Å². The first-order chi connectivity index (χ1) is 12.2. The van der Waals surface area contributed by atoms with Crippen LogP contribution >= 0.6 is 23.5 Å². The summed E-state index contributed by atoms with van der Waals surface area (Å²) in [6.07, 6.45) is 5.89. The number of halogens is 2. The summed E-state index contributed by atoms with van der Waals surface area (Å²) < 4.78 is 26.0. The number of benzene rings is 2. The second-order valence-electron chi connectivity index (χ2n) is 5.91. The Kier molecular flexibility index (Phi) is 6.70. The highest BCUT2D eigenvalue weighted by molar-refractivity contribution is 8.14. The van der Waals surface area contributed by atoms with Crippen molar-refractivity contribution in [2.45, 2.75) is 24.2 Å². The Hall–Kier alpha value is -1.59. The third-order valence-corrected chi connectivity index (χ3v) is 5.96. The van der Waals surface area contributed by atoms with Gasteiger partial charge < -0.3 is 0 Å². The van der Waals surface area contributed by atoms with Crippen molar-refractivity contribution >= 4 is 34.3 Å². The molecule has 0 heterocycles. The van der Waals surface area contributed by atoms with Crippen LogP contribution in [0.25, 0.3) is 0 Å². The minimum absolute atomic E-state index is 0.233. The largest absolute Gasteiger partial charge is 0.242 e. The van der Waals surface area contributed by atoms with Gasteiger partial charge in [0.25, 0.3) is 0 Å². The van der Waals surface area contributed by atoms with E-state index in [-0.39, 0.29) is 11.6 Å². The summed E-state index contributed by atoms with van der Waals surface area (Å²) in [5.74, 6) is 1.35. The molecule has 1 nitrogen and oxygen atoms in total. The van der Waals surface area contributed by atoms with Crippen molar-refractivity contribution in [3.63, 3.8) is 0 Å². The molecule has 2 aromatic carbocycles. The Morgan fingerprint density at radius 2 is 1.64 bits per heavy atom. The van der Waals surface area contributed by atoms with Gasteiger partial charge in [0, 0.05) is 10.6 Å². The maximum atomic E-state index is 13.1. The van der Waals surface area contributed by atoms with E-state index in [1.807, 2.05) is 11.5 Å². The van der Waals surface area contributed by atoms with Crippen molar-refractivity contribution in [2.24, 2.45) is 10.9 Å². The van der Waals surface area contributed by atoms with Crippen LogP contribution in [0.3, 0.4) is 0 Å². The lowest BCUT2D eigenvalue weighted by Crippen LogP contribution is -2.14. The van der Waals surface area contributed by atoms with Crippen LogP contribution in [0.2, 0.25) is 0 Å². The maximum absolute atomic E-state index is 13.1. The van der Waals surface area contributed by atoms with Crippen LogP contribution in [0.1, 0.15) is 19.3 Å². The van der Waals surface area contributed by atoms with E-state index in [0.29, 0.717) is 0 Å². The SMILES string of the molecule is Fc1ccc(N=C(C=CSc2ccc(F)cc2)SCC2CCC2)cc1. The van der Waals surface area contributed by atoms with Crippen molar-refractivity contribution in [3.8, 4) is 0 Å². The molecule has 0 unspecified atom stereocenters. The van der Waals surface area contributed by atoms with Gasteiger partial charge in [-0.25, -0.2) is 13.8 Å². The van der Waals surface area contributed by atoms with E-state index in [4.69, 9.17) is 0 Å². The molecule has 0 saturated heterocycles. The molecule has 1 fully saturated rings. The Labute approximate surface area is 155 Å². The second-order valence-corrected chi connectivity index (χ2v) is 7.93. The van der Waals surface area contributed by atoms with Gasteiger partial charge in [-0.3, -0.25) is 0 Å². The predicted octanol–water partition coefficient (Wildman–Crippen LogP) is 6.83. The number of aliphatic imine (C=N–C) groups is 1. The lowest BCUT2D eigenvalue weighted by molar-refractivity contribution is 0.353. The molecule has 0 spiro atoms. The molecule has 0 aromatic heterocycles. The lowest BCUT2D eigenvalue weighted by atomic mass is 9.87. The quantitative estimate of drug-likeness (QED) is 0.311. The minimum Gasteiger partial charge on any atom is -0.242 e. The van der Waals surface area contributed by atoms with Crippen LogP contribution in [0, 0.1) is 17.6 Å². The third-order valence-electron chi connectivity index (χ3n) is 3.99. The smallest absolute Gasteiger partial charge is 0.123 e. The first-order valence-corrected chi connectivity index (χ1v) is 10.1. The Balaban J connectivity index is 1.66. The summed E-state index contributed by atoms with van der Waals surface area (Å²) in [5.41, 5.74) is 0.744. The van der Waals surface area contributed by atoms with Crippen molar-refractivity contribution in [1.29, 1.82) is 0 Å². The molecule has 0 bridgehead atoms. The molecule has 2 aromatic rings. The fraction of sp³-hybridized carbons (Fsp3) is 0.250. The maximum Gasteiger partial charge on any atom is 0.123 e. The highest BCUT2D eigenvalue weighted by Crippen LogP contribution is 2.31. The van der Waals surface area contributed by atoms with Gasteiger partial charge in [-0.1, -0.05) is 18.2 Å². The monoisotopic (exact) mass is 375 g/mol. The van der Waals surface area contributed by atoms with Gasteiger partial charge in [-0.05, 0) is 78.8 Å². The topological polar surface area (TPSA) is 12.4 Å². The van der Waals surface area contributed by atoms with Gasteiger partial charge in [-0.2, -0.15) is 0 Å². The Morgan fingerprint density at radius 1 is 1.00 bits per heavy atom. The van der Waals surface area contributed by atoms with Crippen LogP contribution in [-0.2, 0) is 0 Å². The average Bonchev–Trinajstić information content (AvgIpc) is 2.57. The number of hydrogen-bond donors (Lipinski definition) is 0. The fourth-order valence-corrected chi connectivity index (χ4v) is 4.11. The summed E-state index contributed by atoms with van der Waals surface area (Å²) in [6.45, 7) is 0. The zero-order valence-electron chi connectivity index (χ0n) is 13.7. The molecule has 3 rings (SSSR count). The number of nitrogens with zero attached hydrogens (tertiary/aromatic N) is 1. The van der Waals surface area contributed by atoms with E-state index in [1.165, 1.54) is 55.3 Å². The highest BCUT2D eigenvalue weighted by atomic mass is 32.2. The highest BCUT2D eigenvalue weighted by Gasteiger charge is 2.17. The van der Waals surface area contributed by atoms with E-state index in [2.05, 4.69) is 4.99 Å². The Morgan fingerprint density at radius 3 is 2.24 bits per heavy atom. The average molecular weight is 376 g/mol. The molecule has 0 radical (unpaired) electrons. The van der Waals surface area contributed by atoms with Crippen molar-refractivity contribution < 1.29 is 8.78 Å². The number of hydrogen-bond acceptors (Lipinski definition) is 3. The van der Waals surface area contributed by atoms with Gasteiger partial charge in [0.2, 0.25) is 0 Å². The molecule has 0 aliphatic heterocycles. The van der Waals surface area contributed by atoms with Crippen LogP contribution < -0.4 is 0 Å². The van der Waals surface area contributed by atoms with Crippen molar-refractivity contribution in [2.75, 3.05) is 5.75 Å². The molecule has 5 heteroatoms. The number of rotatable bonds is 6.